The van der Waals surface area contributed by atoms with Crippen LogP contribution in [0.3, 0.4) is 0 Å². The molecule has 1 aromatic heterocycles. The smallest absolute Gasteiger partial charge is 0.134 e. The lowest BCUT2D eigenvalue weighted by Gasteiger charge is -2.02. The van der Waals surface area contributed by atoms with E-state index in [1.165, 1.54) is 11.1 Å². The maximum Gasteiger partial charge on any atom is 0.134 e. The Labute approximate surface area is 117 Å². The van der Waals surface area contributed by atoms with Gasteiger partial charge in [0.25, 0.3) is 0 Å². The lowest BCUT2D eigenvalue weighted by Crippen LogP contribution is -1.80. The monoisotopic (exact) mass is 262 g/mol. The van der Waals surface area contributed by atoms with E-state index in [1.54, 1.807) is 0 Å². The number of furan rings is 1. The van der Waals surface area contributed by atoms with Crippen LogP contribution in [0.2, 0.25) is 0 Å². The quantitative estimate of drug-likeness (QED) is 0.654. The summed E-state index contributed by atoms with van der Waals surface area (Å²) in [6.45, 7) is 0. The van der Waals surface area contributed by atoms with Crippen LogP contribution < -0.4 is 0 Å². The van der Waals surface area contributed by atoms with Gasteiger partial charge in [-0.1, -0.05) is 54.6 Å². The molecule has 0 radical (unpaired) electrons. The van der Waals surface area contributed by atoms with E-state index in [0.717, 1.165) is 17.6 Å². The highest BCUT2D eigenvalue weighted by Gasteiger charge is 2.05. The number of hydrogen-bond donors (Lipinski definition) is 0. The first-order chi connectivity index (χ1) is 9.86. The van der Waals surface area contributed by atoms with Crippen molar-refractivity contribution < 1.29 is 9.21 Å². The minimum Gasteiger partial charge on any atom is -0.461 e. The van der Waals surface area contributed by atoms with Crippen LogP contribution in [0.4, 0.5) is 0 Å². The first kappa shape index (κ1) is 12.4. The average Bonchev–Trinajstić information content (AvgIpc) is 2.97. The molecule has 0 spiro atoms. The van der Waals surface area contributed by atoms with Crippen molar-refractivity contribution in [1.82, 2.24) is 0 Å². The van der Waals surface area contributed by atoms with Crippen LogP contribution >= 0.6 is 0 Å². The number of rotatable bonds is 4. The van der Waals surface area contributed by atoms with Crippen molar-refractivity contribution in [3.8, 4) is 22.5 Å². The normalized spacial score (nSPS) is 10.4. The highest BCUT2D eigenvalue weighted by atomic mass is 16.3. The lowest BCUT2D eigenvalue weighted by molar-refractivity contribution is -0.107. The molecule has 98 valence electrons. The van der Waals surface area contributed by atoms with Crippen LogP contribution in [-0.2, 0) is 11.2 Å². The molecule has 0 aliphatic carbocycles. The molecule has 0 aliphatic heterocycles. The summed E-state index contributed by atoms with van der Waals surface area (Å²) in [6, 6.07) is 22.2. The van der Waals surface area contributed by atoms with Crippen molar-refractivity contribution in [2.45, 2.75) is 6.42 Å². The molecule has 3 rings (SSSR count). The third kappa shape index (κ3) is 2.54. The maximum atomic E-state index is 10.5. The zero-order valence-corrected chi connectivity index (χ0v) is 11.0. The topological polar surface area (TPSA) is 30.2 Å². The summed E-state index contributed by atoms with van der Waals surface area (Å²) in [7, 11) is 0. The zero-order valence-electron chi connectivity index (χ0n) is 11.0. The second-order valence-electron chi connectivity index (χ2n) is 4.58. The van der Waals surface area contributed by atoms with Gasteiger partial charge in [-0.15, -0.1) is 0 Å². The van der Waals surface area contributed by atoms with E-state index in [4.69, 9.17) is 4.42 Å². The molecule has 2 nitrogen and oxygen atoms in total. The lowest BCUT2D eigenvalue weighted by atomic mass is 10.0. The molecule has 0 N–H and O–H groups in total. The Hall–Kier alpha value is -2.61. The van der Waals surface area contributed by atoms with Crippen molar-refractivity contribution in [3.05, 3.63) is 72.5 Å². The zero-order chi connectivity index (χ0) is 13.8. The molecule has 0 amide bonds. The standard InChI is InChI=1S/C18H14O2/c19-13-12-17-10-11-18(20-17)16-8-6-15(7-9-16)14-4-2-1-3-5-14/h1-11,13H,12H2. The van der Waals surface area contributed by atoms with E-state index in [0.29, 0.717) is 12.2 Å². The minimum absolute atomic E-state index is 0.322. The van der Waals surface area contributed by atoms with Crippen LogP contribution in [-0.4, -0.2) is 6.29 Å². The highest BCUT2D eigenvalue weighted by molar-refractivity contribution is 5.68. The Kier molecular flexibility index (Phi) is 3.46. The summed E-state index contributed by atoms with van der Waals surface area (Å²) in [5.41, 5.74) is 3.39. The Morgan fingerprint density at radius 2 is 1.40 bits per heavy atom. The van der Waals surface area contributed by atoms with Gasteiger partial charge in [-0.05, 0) is 23.3 Å². The third-order valence-corrected chi connectivity index (χ3v) is 3.22. The first-order valence-electron chi connectivity index (χ1n) is 6.55. The van der Waals surface area contributed by atoms with Gasteiger partial charge in [0.1, 0.15) is 17.8 Å². The Balaban J connectivity index is 1.87. The van der Waals surface area contributed by atoms with E-state index in [9.17, 15) is 4.79 Å². The van der Waals surface area contributed by atoms with Gasteiger partial charge < -0.3 is 9.21 Å². The van der Waals surface area contributed by atoms with Crippen molar-refractivity contribution in [2.75, 3.05) is 0 Å². The molecular formula is C18H14O2. The number of carbonyl (C=O) groups is 1. The van der Waals surface area contributed by atoms with Crippen LogP contribution in [0.5, 0.6) is 0 Å². The molecule has 1 heterocycles. The van der Waals surface area contributed by atoms with Gasteiger partial charge in [0.05, 0.1) is 6.42 Å². The molecule has 0 atom stereocenters. The molecule has 0 bridgehead atoms. The highest BCUT2D eigenvalue weighted by Crippen LogP contribution is 2.26. The predicted molar refractivity (Wildman–Crippen MR) is 79.3 cm³/mol. The first-order valence-corrected chi connectivity index (χ1v) is 6.55. The van der Waals surface area contributed by atoms with E-state index >= 15 is 0 Å². The minimum atomic E-state index is 0.322. The maximum absolute atomic E-state index is 10.5. The van der Waals surface area contributed by atoms with E-state index in [1.807, 2.05) is 42.5 Å². The van der Waals surface area contributed by atoms with Crippen molar-refractivity contribution >= 4 is 6.29 Å². The van der Waals surface area contributed by atoms with E-state index in [-0.39, 0.29) is 0 Å². The Morgan fingerprint density at radius 1 is 0.750 bits per heavy atom. The largest absolute Gasteiger partial charge is 0.461 e. The van der Waals surface area contributed by atoms with Crippen molar-refractivity contribution in [3.63, 3.8) is 0 Å². The van der Waals surface area contributed by atoms with Crippen LogP contribution in [0.15, 0.2) is 71.1 Å². The molecular weight excluding hydrogens is 248 g/mol. The second kappa shape index (κ2) is 5.57. The molecule has 0 saturated heterocycles. The van der Waals surface area contributed by atoms with Gasteiger partial charge in [-0.2, -0.15) is 0 Å². The molecule has 20 heavy (non-hydrogen) atoms. The molecule has 0 unspecified atom stereocenters. The number of carbonyl (C=O) groups excluding carboxylic acids is 1. The Morgan fingerprint density at radius 3 is 2.10 bits per heavy atom. The van der Waals surface area contributed by atoms with Gasteiger partial charge >= 0.3 is 0 Å². The predicted octanol–water partition coefficient (Wildman–Crippen LogP) is 4.36. The van der Waals surface area contributed by atoms with Gasteiger partial charge in [-0.25, -0.2) is 0 Å². The van der Waals surface area contributed by atoms with Crippen molar-refractivity contribution in [2.24, 2.45) is 0 Å². The van der Waals surface area contributed by atoms with Gasteiger partial charge in [0.2, 0.25) is 0 Å². The third-order valence-electron chi connectivity index (χ3n) is 3.22. The van der Waals surface area contributed by atoms with Gasteiger partial charge in [0, 0.05) is 5.56 Å². The molecule has 0 aliphatic rings. The Bertz CT molecular complexity index is 694. The summed E-state index contributed by atoms with van der Waals surface area (Å²) in [5.74, 6) is 1.49. The molecule has 3 aromatic rings. The van der Waals surface area contributed by atoms with E-state index < -0.39 is 0 Å². The van der Waals surface area contributed by atoms with Gasteiger partial charge in [0.15, 0.2) is 0 Å². The fraction of sp³-hybridized carbons (Fsp3) is 0.0556. The average molecular weight is 262 g/mol. The molecule has 0 saturated carbocycles. The number of benzene rings is 2. The molecule has 0 fully saturated rings. The summed E-state index contributed by atoms with van der Waals surface area (Å²) >= 11 is 0. The second-order valence-corrected chi connectivity index (χ2v) is 4.58. The fourth-order valence-electron chi connectivity index (χ4n) is 2.18. The fourth-order valence-corrected chi connectivity index (χ4v) is 2.18. The number of hydrogen-bond acceptors (Lipinski definition) is 2. The summed E-state index contributed by atoms with van der Waals surface area (Å²) < 4.78 is 5.62. The van der Waals surface area contributed by atoms with E-state index in [2.05, 4.69) is 24.3 Å². The summed E-state index contributed by atoms with van der Waals surface area (Å²) in [4.78, 5) is 10.5. The van der Waals surface area contributed by atoms with Gasteiger partial charge in [-0.3, -0.25) is 0 Å². The molecule has 2 heteroatoms. The summed E-state index contributed by atoms with van der Waals surface area (Å²) in [5, 5.41) is 0. The van der Waals surface area contributed by atoms with Crippen molar-refractivity contribution in [1.29, 1.82) is 0 Å². The van der Waals surface area contributed by atoms with Crippen LogP contribution in [0.1, 0.15) is 5.76 Å². The van der Waals surface area contributed by atoms with Crippen LogP contribution in [0, 0.1) is 0 Å². The summed E-state index contributed by atoms with van der Waals surface area (Å²) in [6.07, 6.45) is 1.17. The van der Waals surface area contributed by atoms with Crippen LogP contribution in [0.25, 0.3) is 22.5 Å². The SMILES string of the molecule is O=CCc1ccc(-c2ccc(-c3ccccc3)cc2)o1. The number of aldehydes is 1. The molecule has 2 aromatic carbocycles.